The lowest BCUT2D eigenvalue weighted by molar-refractivity contribution is -0.118. The van der Waals surface area contributed by atoms with Crippen LogP contribution in [0.4, 0.5) is 5.69 Å². The molecule has 2 heterocycles. The van der Waals surface area contributed by atoms with Gasteiger partial charge in [-0.2, -0.15) is 0 Å². The van der Waals surface area contributed by atoms with E-state index in [2.05, 4.69) is 25.2 Å². The number of carbonyl (C=O) groups is 2. The van der Waals surface area contributed by atoms with Crippen LogP contribution in [0.15, 0.2) is 40.3 Å². The van der Waals surface area contributed by atoms with Gasteiger partial charge < -0.3 is 19.4 Å². The zero-order valence-electron chi connectivity index (χ0n) is 17.5. The third-order valence-electron chi connectivity index (χ3n) is 6.04. The number of furan rings is 1. The fourth-order valence-electron chi connectivity index (χ4n) is 4.28. The first kappa shape index (κ1) is 19.7. The molecule has 2 aliphatic rings. The van der Waals surface area contributed by atoms with Crippen LogP contribution in [0.1, 0.15) is 38.2 Å². The Morgan fingerprint density at radius 3 is 2.55 bits per heavy atom. The highest BCUT2D eigenvalue weighted by Crippen LogP contribution is 2.59. The van der Waals surface area contributed by atoms with Gasteiger partial charge in [0.1, 0.15) is 11.3 Å². The molecule has 2 fully saturated rings. The minimum absolute atomic E-state index is 0.0694. The van der Waals surface area contributed by atoms with Crippen LogP contribution in [-0.4, -0.2) is 43.0 Å². The van der Waals surface area contributed by atoms with E-state index in [-0.39, 0.29) is 34.8 Å². The average Bonchev–Trinajstić information content (AvgIpc) is 3.05. The highest BCUT2D eigenvalue weighted by Gasteiger charge is 2.60. The van der Waals surface area contributed by atoms with E-state index in [1.165, 1.54) is 5.57 Å². The van der Waals surface area contributed by atoms with Crippen molar-refractivity contribution < 1.29 is 18.7 Å². The second kappa shape index (κ2) is 7.34. The van der Waals surface area contributed by atoms with Crippen LogP contribution in [-0.2, 0) is 9.53 Å². The Hall–Kier alpha value is -2.60. The predicted molar refractivity (Wildman–Crippen MR) is 112 cm³/mol. The summed E-state index contributed by atoms with van der Waals surface area (Å²) < 4.78 is 11.2. The molecule has 6 heteroatoms. The normalized spacial score (nSPS) is 23.0. The number of carbonyl (C=O) groups excluding carboxylic acids is 2. The molecule has 0 bridgehead atoms. The maximum Gasteiger partial charge on any atom is 0.291 e. The van der Waals surface area contributed by atoms with Crippen molar-refractivity contribution in [2.45, 2.75) is 27.7 Å². The van der Waals surface area contributed by atoms with Crippen molar-refractivity contribution in [2.24, 2.45) is 17.3 Å². The predicted octanol–water partition coefficient (Wildman–Crippen LogP) is 4.08. The van der Waals surface area contributed by atoms with Crippen LogP contribution < -0.4 is 5.32 Å². The van der Waals surface area contributed by atoms with Gasteiger partial charge in [0.05, 0.1) is 19.1 Å². The number of fused-ring (bicyclic) bond motifs is 1. The molecule has 0 radical (unpaired) electrons. The number of nitrogens with zero attached hydrogens (tertiary/aromatic N) is 1. The van der Waals surface area contributed by atoms with Crippen LogP contribution in [0.25, 0.3) is 11.0 Å². The second-order valence-corrected chi connectivity index (χ2v) is 8.77. The lowest BCUT2D eigenvalue weighted by Crippen LogP contribution is -2.40. The van der Waals surface area contributed by atoms with E-state index in [0.29, 0.717) is 37.6 Å². The van der Waals surface area contributed by atoms with Gasteiger partial charge in [0, 0.05) is 18.5 Å². The van der Waals surface area contributed by atoms with E-state index >= 15 is 0 Å². The number of hydrogen-bond donors (Lipinski definition) is 1. The summed E-state index contributed by atoms with van der Waals surface area (Å²) in [6.45, 7) is 10.4. The van der Waals surface area contributed by atoms with Crippen LogP contribution >= 0.6 is 0 Å². The van der Waals surface area contributed by atoms with Crippen molar-refractivity contribution in [1.29, 1.82) is 0 Å². The molecular weight excluding hydrogens is 368 g/mol. The molecule has 1 N–H and O–H groups in total. The topological polar surface area (TPSA) is 71.8 Å². The fraction of sp³-hybridized carbons (Fsp3) is 0.478. The maximum absolute atomic E-state index is 13.1. The highest BCUT2D eigenvalue weighted by atomic mass is 16.5. The van der Waals surface area contributed by atoms with Gasteiger partial charge >= 0.3 is 0 Å². The Morgan fingerprint density at radius 1 is 1.17 bits per heavy atom. The van der Waals surface area contributed by atoms with E-state index in [1.54, 1.807) is 4.90 Å². The van der Waals surface area contributed by atoms with Gasteiger partial charge in [0.2, 0.25) is 11.7 Å². The number of benzene rings is 1. The summed E-state index contributed by atoms with van der Waals surface area (Å²) in [6.07, 6.45) is 2.16. The van der Waals surface area contributed by atoms with E-state index in [0.717, 1.165) is 5.39 Å². The molecular formula is C23H28N2O4. The minimum atomic E-state index is -0.212. The first-order valence-corrected chi connectivity index (χ1v) is 10.1. The van der Waals surface area contributed by atoms with Gasteiger partial charge in [0.15, 0.2) is 0 Å². The van der Waals surface area contributed by atoms with Crippen molar-refractivity contribution in [3.05, 3.63) is 41.7 Å². The summed E-state index contributed by atoms with van der Waals surface area (Å²) in [5.41, 5.74) is 2.17. The van der Waals surface area contributed by atoms with Gasteiger partial charge in [0.25, 0.3) is 5.91 Å². The molecule has 1 saturated carbocycles. The first-order chi connectivity index (χ1) is 13.8. The molecule has 4 rings (SSSR count). The van der Waals surface area contributed by atoms with Gasteiger partial charge in [-0.25, -0.2) is 0 Å². The van der Waals surface area contributed by atoms with Gasteiger partial charge in [-0.05, 0) is 37.3 Å². The number of morpholine rings is 1. The lowest BCUT2D eigenvalue weighted by atomic mass is 10.1. The van der Waals surface area contributed by atoms with Crippen molar-refractivity contribution in [1.82, 2.24) is 4.90 Å². The van der Waals surface area contributed by atoms with E-state index in [9.17, 15) is 9.59 Å². The maximum atomic E-state index is 13.1. The lowest BCUT2D eigenvalue weighted by Gasteiger charge is -2.26. The number of para-hydroxylation sites is 1. The largest absolute Gasteiger partial charge is 0.449 e. The standard InChI is InChI=1S/C23H28N2O4/c1-14(2)13-16-18(23(16,3)4)21(26)24-19-15-7-5-6-8-17(15)29-20(19)22(27)25-9-11-28-12-10-25/h5-8,13,16,18H,9-12H2,1-4H3,(H,24,26)/t16-,18-/m0/s1. The Kier molecular flexibility index (Phi) is 4.99. The van der Waals surface area contributed by atoms with Crippen LogP contribution in [0, 0.1) is 17.3 Å². The average molecular weight is 396 g/mol. The molecule has 6 nitrogen and oxygen atoms in total. The van der Waals surface area contributed by atoms with E-state index in [4.69, 9.17) is 9.15 Å². The van der Waals surface area contributed by atoms with Gasteiger partial charge in [-0.1, -0.05) is 37.6 Å². The molecule has 0 unspecified atom stereocenters. The SMILES string of the molecule is CC(C)=C[C@H]1[C@@H](C(=O)Nc2c(C(=O)N3CCOCC3)oc3ccccc23)C1(C)C. The quantitative estimate of drug-likeness (QED) is 0.791. The summed E-state index contributed by atoms with van der Waals surface area (Å²) >= 11 is 0. The van der Waals surface area contributed by atoms with Crippen LogP contribution in [0.2, 0.25) is 0 Å². The second-order valence-electron chi connectivity index (χ2n) is 8.77. The molecule has 1 saturated heterocycles. The third-order valence-corrected chi connectivity index (χ3v) is 6.04. The molecule has 2 atom stereocenters. The molecule has 29 heavy (non-hydrogen) atoms. The molecule has 1 aliphatic carbocycles. The number of allylic oxidation sites excluding steroid dienone is 2. The number of amides is 2. The van der Waals surface area contributed by atoms with Crippen molar-refractivity contribution in [3.8, 4) is 0 Å². The van der Waals surface area contributed by atoms with Crippen molar-refractivity contribution in [3.63, 3.8) is 0 Å². The Bertz CT molecular complexity index is 978. The Balaban J connectivity index is 1.65. The monoisotopic (exact) mass is 396 g/mol. The third kappa shape index (κ3) is 3.57. The number of hydrogen-bond acceptors (Lipinski definition) is 4. The minimum Gasteiger partial charge on any atom is -0.449 e. The first-order valence-electron chi connectivity index (χ1n) is 10.1. The molecule has 1 aliphatic heterocycles. The Labute approximate surface area is 170 Å². The van der Waals surface area contributed by atoms with Crippen molar-refractivity contribution >= 4 is 28.5 Å². The molecule has 154 valence electrons. The molecule has 1 aromatic carbocycles. The number of ether oxygens (including phenoxy) is 1. The van der Waals surface area contributed by atoms with Crippen molar-refractivity contribution in [2.75, 3.05) is 31.6 Å². The van der Waals surface area contributed by atoms with E-state index < -0.39 is 0 Å². The molecule has 1 aromatic heterocycles. The number of nitrogens with one attached hydrogen (secondary N) is 1. The number of anilines is 1. The van der Waals surface area contributed by atoms with Crippen LogP contribution in [0.5, 0.6) is 0 Å². The molecule has 2 amide bonds. The van der Waals surface area contributed by atoms with Gasteiger partial charge in [-0.3, -0.25) is 9.59 Å². The summed E-state index contributed by atoms with van der Waals surface area (Å²) in [4.78, 5) is 28.0. The van der Waals surface area contributed by atoms with E-state index in [1.807, 2.05) is 38.1 Å². The fourth-order valence-corrected chi connectivity index (χ4v) is 4.28. The highest BCUT2D eigenvalue weighted by molar-refractivity contribution is 6.11. The summed E-state index contributed by atoms with van der Waals surface area (Å²) in [6, 6.07) is 7.42. The summed E-state index contributed by atoms with van der Waals surface area (Å²) in [5.74, 6) is -0.0177. The summed E-state index contributed by atoms with van der Waals surface area (Å²) in [7, 11) is 0. The van der Waals surface area contributed by atoms with Crippen LogP contribution in [0.3, 0.4) is 0 Å². The smallest absolute Gasteiger partial charge is 0.291 e. The molecule has 0 spiro atoms. The zero-order valence-corrected chi connectivity index (χ0v) is 17.5. The van der Waals surface area contributed by atoms with Gasteiger partial charge in [-0.15, -0.1) is 0 Å². The summed E-state index contributed by atoms with van der Waals surface area (Å²) in [5, 5.41) is 3.78. The Morgan fingerprint density at radius 2 is 1.86 bits per heavy atom. The number of rotatable bonds is 4. The zero-order chi connectivity index (χ0) is 20.8. The molecule has 2 aromatic rings.